The van der Waals surface area contributed by atoms with Crippen molar-refractivity contribution >= 4 is 29.5 Å². The van der Waals surface area contributed by atoms with Crippen molar-refractivity contribution in [3.63, 3.8) is 0 Å². The Morgan fingerprint density at radius 2 is 1.93 bits per heavy atom. The van der Waals surface area contributed by atoms with Crippen molar-refractivity contribution in [3.8, 4) is 5.75 Å². The molecule has 2 bridgehead atoms. The zero-order valence-corrected chi connectivity index (χ0v) is 16.8. The van der Waals surface area contributed by atoms with Crippen LogP contribution in [-0.4, -0.2) is 37.3 Å². The van der Waals surface area contributed by atoms with Gasteiger partial charge in [-0.15, -0.1) is 0 Å². The Hall–Kier alpha value is -2.73. The summed E-state index contributed by atoms with van der Waals surface area (Å²) in [7, 11) is 1.58. The summed E-state index contributed by atoms with van der Waals surface area (Å²) in [4.78, 5) is 14.7. The molecule has 0 spiro atoms. The van der Waals surface area contributed by atoms with Crippen LogP contribution < -0.4 is 10.1 Å². The zero-order chi connectivity index (χ0) is 20.4. The molecule has 0 unspecified atom stereocenters. The lowest BCUT2D eigenvalue weighted by molar-refractivity contribution is 0.0103. The third kappa shape index (κ3) is 4.17. The highest BCUT2D eigenvalue weighted by molar-refractivity contribution is 6.32. The number of carbonyl (C=O) groups is 1. The summed E-state index contributed by atoms with van der Waals surface area (Å²) in [5, 5.41) is 3.08. The van der Waals surface area contributed by atoms with Gasteiger partial charge in [-0.3, -0.25) is 5.32 Å². The van der Waals surface area contributed by atoms with E-state index in [-0.39, 0.29) is 5.92 Å². The monoisotopic (exact) mass is 416 g/mol. The molecule has 5 rings (SSSR count). The van der Waals surface area contributed by atoms with E-state index in [1.165, 1.54) is 6.07 Å². The van der Waals surface area contributed by atoms with Crippen LogP contribution in [-0.2, 0) is 4.74 Å². The molecule has 2 aromatic carbocycles. The average molecular weight is 417 g/mol. The normalized spacial score (nSPS) is 21.9. The predicted molar refractivity (Wildman–Crippen MR) is 111 cm³/mol. The molecule has 29 heavy (non-hydrogen) atoms. The second kappa shape index (κ2) is 8.33. The molecular formula is C22H22ClFN2O3. The summed E-state index contributed by atoms with van der Waals surface area (Å²) in [6, 6.07) is 11.6. The third-order valence-corrected chi connectivity index (χ3v) is 5.82. The van der Waals surface area contributed by atoms with Gasteiger partial charge in [-0.05, 0) is 55.3 Å². The molecule has 0 radical (unpaired) electrons. The van der Waals surface area contributed by atoms with E-state index in [0.717, 1.165) is 31.6 Å². The average Bonchev–Trinajstić information content (AvgIpc) is 2.73. The first-order valence-electron chi connectivity index (χ1n) is 9.57. The van der Waals surface area contributed by atoms with E-state index >= 15 is 0 Å². The van der Waals surface area contributed by atoms with Crippen LogP contribution in [0.4, 0.5) is 14.9 Å². The van der Waals surface area contributed by atoms with Crippen molar-refractivity contribution in [2.75, 3.05) is 25.5 Å². The molecule has 3 saturated heterocycles. The molecule has 0 aromatic heterocycles. The first-order valence-corrected chi connectivity index (χ1v) is 9.95. The summed E-state index contributed by atoms with van der Waals surface area (Å²) in [6.45, 7) is 1.73. The van der Waals surface area contributed by atoms with Crippen LogP contribution in [0.15, 0.2) is 48.2 Å². The summed E-state index contributed by atoms with van der Waals surface area (Å²) in [6.07, 6.45) is 2.60. The van der Waals surface area contributed by atoms with Crippen molar-refractivity contribution in [2.45, 2.75) is 18.9 Å². The van der Waals surface area contributed by atoms with Crippen molar-refractivity contribution in [1.82, 2.24) is 4.90 Å². The Kier molecular flexibility index (Phi) is 5.62. The van der Waals surface area contributed by atoms with Crippen LogP contribution in [0.5, 0.6) is 5.75 Å². The van der Waals surface area contributed by atoms with Crippen molar-refractivity contribution in [2.24, 2.45) is 5.92 Å². The fourth-order valence-corrected chi connectivity index (χ4v) is 4.16. The maximum atomic E-state index is 14.3. The molecule has 3 fully saturated rings. The Bertz CT molecular complexity index is 904. The van der Waals surface area contributed by atoms with Gasteiger partial charge in [-0.25, -0.2) is 9.18 Å². The SMILES string of the molecule is COc1ccc(NC(=O)O[C@H]2/C(=C/c3c(F)cccc3Cl)N3CCC2CC3)cc1. The number of nitrogens with zero attached hydrogens (tertiary/aromatic N) is 1. The number of halogens is 2. The second-order valence-corrected chi connectivity index (χ2v) is 7.62. The van der Waals surface area contributed by atoms with Gasteiger partial charge in [0, 0.05) is 30.3 Å². The van der Waals surface area contributed by atoms with Gasteiger partial charge in [-0.1, -0.05) is 17.7 Å². The van der Waals surface area contributed by atoms with E-state index in [1.807, 2.05) is 0 Å². The van der Waals surface area contributed by atoms with E-state index in [1.54, 1.807) is 49.6 Å². The van der Waals surface area contributed by atoms with Gasteiger partial charge in [0.15, 0.2) is 0 Å². The molecule has 1 atom stereocenters. The van der Waals surface area contributed by atoms with Gasteiger partial charge in [-0.2, -0.15) is 0 Å². The minimum atomic E-state index is -0.542. The molecule has 3 aliphatic heterocycles. The second-order valence-electron chi connectivity index (χ2n) is 7.21. The summed E-state index contributed by atoms with van der Waals surface area (Å²) in [5.74, 6) is 0.515. The highest BCUT2D eigenvalue weighted by Gasteiger charge is 2.40. The zero-order valence-electron chi connectivity index (χ0n) is 16.0. The fourth-order valence-electron chi connectivity index (χ4n) is 3.95. The maximum Gasteiger partial charge on any atom is 0.412 e. The molecule has 5 nitrogen and oxygen atoms in total. The van der Waals surface area contributed by atoms with Gasteiger partial charge >= 0.3 is 6.09 Å². The number of amides is 1. The van der Waals surface area contributed by atoms with Gasteiger partial charge < -0.3 is 14.4 Å². The van der Waals surface area contributed by atoms with E-state index in [9.17, 15) is 9.18 Å². The lowest BCUT2D eigenvalue weighted by Crippen LogP contribution is -2.50. The van der Waals surface area contributed by atoms with Gasteiger partial charge in [0.1, 0.15) is 17.7 Å². The molecular weight excluding hydrogens is 395 g/mol. The number of hydrogen-bond acceptors (Lipinski definition) is 4. The van der Waals surface area contributed by atoms with E-state index in [4.69, 9.17) is 21.1 Å². The predicted octanol–water partition coefficient (Wildman–Crippen LogP) is 5.17. The van der Waals surface area contributed by atoms with Gasteiger partial charge in [0.05, 0.1) is 17.8 Å². The minimum absolute atomic E-state index is 0.207. The first kappa shape index (κ1) is 19.6. The van der Waals surface area contributed by atoms with Crippen LogP contribution in [0.25, 0.3) is 6.08 Å². The standard InChI is InChI=1S/C22H22ClFN2O3/c1-28-16-7-5-15(6-8-16)25-22(27)29-21-14-9-11-26(12-10-14)20(21)13-17-18(23)3-2-4-19(17)24/h2-8,13-14,21H,9-12H2,1H3,(H,25,27)/b20-13-/t21-/m1/s1. The lowest BCUT2D eigenvalue weighted by atomic mass is 9.82. The highest BCUT2D eigenvalue weighted by Crippen LogP contribution is 2.38. The van der Waals surface area contributed by atoms with Gasteiger partial charge in [0.2, 0.25) is 0 Å². The van der Waals surface area contributed by atoms with Crippen LogP contribution in [0, 0.1) is 11.7 Å². The molecule has 7 heteroatoms. The van der Waals surface area contributed by atoms with E-state index in [2.05, 4.69) is 10.2 Å². The van der Waals surface area contributed by atoms with Crippen molar-refractivity contribution < 1.29 is 18.7 Å². The smallest absolute Gasteiger partial charge is 0.412 e. The van der Waals surface area contributed by atoms with Crippen LogP contribution in [0.1, 0.15) is 18.4 Å². The minimum Gasteiger partial charge on any atom is -0.497 e. The van der Waals surface area contributed by atoms with E-state index < -0.39 is 18.0 Å². The number of anilines is 1. The van der Waals surface area contributed by atoms with Crippen molar-refractivity contribution in [1.29, 1.82) is 0 Å². The largest absolute Gasteiger partial charge is 0.497 e. The molecule has 152 valence electrons. The Morgan fingerprint density at radius 1 is 1.21 bits per heavy atom. The highest BCUT2D eigenvalue weighted by atomic mass is 35.5. The molecule has 2 aromatic rings. The van der Waals surface area contributed by atoms with Crippen molar-refractivity contribution in [3.05, 3.63) is 64.6 Å². The topological polar surface area (TPSA) is 50.8 Å². The van der Waals surface area contributed by atoms with Crippen LogP contribution in [0.2, 0.25) is 5.02 Å². The molecule has 1 N–H and O–H groups in total. The number of nitrogens with one attached hydrogen (secondary N) is 1. The number of carbonyl (C=O) groups excluding carboxylic acids is 1. The number of hydrogen-bond donors (Lipinski definition) is 1. The quantitative estimate of drug-likeness (QED) is 0.746. The number of piperidine rings is 3. The number of methoxy groups -OCH3 is 1. The molecule has 0 aliphatic carbocycles. The molecule has 3 aliphatic rings. The maximum absolute atomic E-state index is 14.3. The number of rotatable bonds is 4. The van der Waals surface area contributed by atoms with Crippen LogP contribution >= 0.6 is 11.6 Å². The number of fused-ring (bicyclic) bond motifs is 3. The Morgan fingerprint density at radius 3 is 2.59 bits per heavy atom. The number of ether oxygens (including phenoxy) is 2. The number of benzene rings is 2. The fraction of sp³-hybridized carbons (Fsp3) is 0.318. The molecule has 3 heterocycles. The summed E-state index contributed by atoms with van der Waals surface area (Å²) < 4.78 is 25.2. The van der Waals surface area contributed by atoms with E-state index in [0.29, 0.717) is 22.0 Å². The Labute approximate surface area is 174 Å². The van der Waals surface area contributed by atoms with Crippen LogP contribution in [0.3, 0.4) is 0 Å². The molecule has 0 saturated carbocycles. The first-order chi connectivity index (χ1) is 14.0. The summed E-state index contributed by atoms with van der Waals surface area (Å²) in [5.41, 5.74) is 1.73. The lowest BCUT2D eigenvalue weighted by Gasteiger charge is -2.47. The third-order valence-electron chi connectivity index (χ3n) is 5.49. The summed E-state index contributed by atoms with van der Waals surface area (Å²) >= 11 is 6.20. The van der Waals surface area contributed by atoms with Gasteiger partial charge in [0.25, 0.3) is 0 Å². The Balaban J connectivity index is 1.55. The molecule has 1 amide bonds.